The van der Waals surface area contributed by atoms with Crippen LogP contribution in [0, 0.1) is 28.9 Å². The number of aliphatic hydroxyl groups excluding tert-OH is 1. The third-order valence-electron chi connectivity index (χ3n) is 10.8. The molecule has 1 aromatic carbocycles. The van der Waals surface area contributed by atoms with Crippen LogP contribution in [0.5, 0.6) is 0 Å². The van der Waals surface area contributed by atoms with Crippen LogP contribution in [-0.4, -0.2) is 32.4 Å². The average Bonchev–Trinajstić information content (AvgIpc) is 2.95. The minimum absolute atomic E-state index is 0.0134. The van der Waals surface area contributed by atoms with E-state index < -0.39 is 22.7 Å². The molecule has 1 saturated carbocycles. The molecule has 4 N–H and O–H groups in total. The maximum absolute atomic E-state index is 15.1. The van der Waals surface area contributed by atoms with Crippen LogP contribution in [0.3, 0.4) is 0 Å². The van der Waals surface area contributed by atoms with E-state index in [0.717, 1.165) is 73.9 Å². The quantitative estimate of drug-likeness (QED) is 0.218. The van der Waals surface area contributed by atoms with Gasteiger partial charge in [-0.15, -0.1) is 0 Å². The van der Waals surface area contributed by atoms with Gasteiger partial charge in [0, 0.05) is 16.5 Å². The summed E-state index contributed by atoms with van der Waals surface area (Å²) in [5, 5.41) is 21.0. The SMILES string of the molecule is C/C(=C\CC/C(C)=C/CC/C(C)=C/CC[C@@H]1[C@@]2(C)Cc3c(-c4cc(F)ccc4F)nc(N)nc3C(C)(C)[C@@H]2CC[C@@]1(C)O)CO. The van der Waals surface area contributed by atoms with Gasteiger partial charge in [-0.1, -0.05) is 55.7 Å². The van der Waals surface area contributed by atoms with Crippen LogP contribution in [0.15, 0.2) is 53.1 Å². The lowest BCUT2D eigenvalue weighted by atomic mass is 9.44. The molecule has 0 aliphatic heterocycles. The maximum Gasteiger partial charge on any atom is 0.220 e. The van der Waals surface area contributed by atoms with Crippen molar-refractivity contribution in [2.24, 2.45) is 17.3 Å². The number of hydrogen-bond acceptors (Lipinski definition) is 5. The van der Waals surface area contributed by atoms with E-state index in [1.807, 2.05) is 13.8 Å². The second-order valence-electron chi connectivity index (χ2n) is 14.8. The molecule has 0 radical (unpaired) electrons. The van der Waals surface area contributed by atoms with Crippen molar-refractivity contribution in [1.82, 2.24) is 9.97 Å². The molecule has 2 aliphatic rings. The molecule has 0 amide bonds. The first kappa shape index (κ1) is 35.0. The third-order valence-corrected chi connectivity index (χ3v) is 10.8. The van der Waals surface area contributed by atoms with E-state index in [9.17, 15) is 9.50 Å². The first-order chi connectivity index (χ1) is 21.1. The van der Waals surface area contributed by atoms with Crippen molar-refractivity contribution in [3.05, 3.63) is 76.0 Å². The fourth-order valence-electron chi connectivity index (χ4n) is 8.47. The summed E-state index contributed by atoms with van der Waals surface area (Å²) in [4.78, 5) is 9.18. The molecule has 7 heteroatoms. The predicted octanol–water partition coefficient (Wildman–Crippen LogP) is 8.79. The zero-order valence-electron chi connectivity index (χ0n) is 28.3. The van der Waals surface area contributed by atoms with E-state index in [0.29, 0.717) is 18.5 Å². The Morgan fingerprint density at radius 1 is 0.956 bits per heavy atom. The van der Waals surface area contributed by atoms with E-state index in [1.54, 1.807) is 0 Å². The largest absolute Gasteiger partial charge is 0.392 e. The molecule has 1 aromatic heterocycles. The highest BCUT2D eigenvalue weighted by molar-refractivity contribution is 5.67. The van der Waals surface area contributed by atoms with Crippen molar-refractivity contribution in [2.75, 3.05) is 12.3 Å². The predicted molar refractivity (Wildman–Crippen MR) is 180 cm³/mol. The lowest BCUT2D eigenvalue weighted by Crippen LogP contribution is -2.60. The number of nitrogen functional groups attached to an aromatic ring is 1. The van der Waals surface area contributed by atoms with Crippen molar-refractivity contribution in [3.8, 4) is 11.3 Å². The molecule has 2 aliphatic carbocycles. The smallest absolute Gasteiger partial charge is 0.220 e. The van der Waals surface area contributed by atoms with Gasteiger partial charge in [0.2, 0.25) is 5.95 Å². The Labute approximate surface area is 268 Å². The van der Waals surface area contributed by atoms with Gasteiger partial charge >= 0.3 is 0 Å². The van der Waals surface area contributed by atoms with E-state index in [4.69, 9.17) is 15.8 Å². The number of aromatic nitrogens is 2. The molecule has 4 atom stereocenters. The zero-order valence-corrected chi connectivity index (χ0v) is 28.3. The Morgan fingerprint density at radius 3 is 2.22 bits per heavy atom. The van der Waals surface area contributed by atoms with Gasteiger partial charge in [0.15, 0.2) is 0 Å². The molecule has 0 unspecified atom stereocenters. The third kappa shape index (κ3) is 7.57. The van der Waals surface area contributed by atoms with E-state index in [2.05, 4.69) is 57.8 Å². The van der Waals surface area contributed by atoms with Crippen LogP contribution < -0.4 is 5.73 Å². The van der Waals surface area contributed by atoms with E-state index in [-0.39, 0.29) is 35.4 Å². The number of halogens is 2. The molecule has 0 spiro atoms. The number of nitrogens with two attached hydrogens (primary N) is 1. The molecular weight excluding hydrogens is 568 g/mol. The molecule has 2 aromatic rings. The highest BCUT2D eigenvalue weighted by atomic mass is 19.1. The Balaban J connectivity index is 1.57. The summed E-state index contributed by atoms with van der Waals surface area (Å²) in [6.45, 7) is 15.0. The van der Waals surface area contributed by atoms with Crippen LogP contribution in [0.25, 0.3) is 11.3 Å². The monoisotopic (exact) mass is 621 g/mol. The summed E-state index contributed by atoms with van der Waals surface area (Å²) in [6, 6.07) is 3.43. The van der Waals surface area contributed by atoms with Crippen molar-refractivity contribution >= 4 is 5.95 Å². The Bertz CT molecular complexity index is 1480. The molecule has 246 valence electrons. The number of anilines is 1. The highest BCUT2D eigenvalue weighted by Crippen LogP contribution is 2.62. The highest BCUT2D eigenvalue weighted by Gasteiger charge is 2.60. The second-order valence-corrected chi connectivity index (χ2v) is 14.8. The summed E-state index contributed by atoms with van der Waals surface area (Å²) in [5.74, 6) is -0.818. The Kier molecular flexibility index (Phi) is 10.8. The van der Waals surface area contributed by atoms with Crippen LogP contribution in [0.4, 0.5) is 14.7 Å². The fraction of sp³-hybridized carbons (Fsp3) is 0.579. The lowest BCUT2D eigenvalue weighted by Gasteiger charge is -2.61. The minimum Gasteiger partial charge on any atom is -0.392 e. The van der Waals surface area contributed by atoms with Gasteiger partial charge in [-0.25, -0.2) is 18.7 Å². The van der Waals surface area contributed by atoms with Gasteiger partial charge in [0.1, 0.15) is 11.6 Å². The first-order valence-electron chi connectivity index (χ1n) is 16.5. The van der Waals surface area contributed by atoms with Crippen molar-refractivity contribution < 1.29 is 19.0 Å². The molecule has 4 rings (SSSR count). The molecule has 45 heavy (non-hydrogen) atoms. The van der Waals surface area contributed by atoms with Gasteiger partial charge < -0.3 is 15.9 Å². The number of aliphatic hydroxyl groups is 2. The Hall–Kier alpha value is -2.90. The number of allylic oxidation sites excluding steroid dienone is 5. The summed E-state index contributed by atoms with van der Waals surface area (Å²) >= 11 is 0. The summed E-state index contributed by atoms with van der Waals surface area (Å²) < 4.78 is 29.5. The lowest BCUT2D eigenvalue weighted by molar-refractivity contribution is -0.144. The van der Waals surface area contributed by atoms with Gasteiger partial charge in [-0.2, -0.15) is 0 Å². The van der Waals surface area contributed by atoms with Gasteiger partial charge in [0.25, 0.3) is 0 Å². The first-order valence-corrected chi connectivity index (χ1v) is 16.5. The molecular formula is C38H53F2N3O2. The number of rotatable bonds is 11. The molecule has 5 nitrogen and oxygen atoms in total. The molecule has 0 bridgehead atoms. The molecule has 0 saturated heterocycles. The standard InChI is InChI=1S/C38H53F2N3O2/c1-24(13-9-15-26(3)23-44)11-8-12-25(2)14-10-16-32-37(6)22-29-33(28-21-27(39)17-18-30(28)40)42-35(41)43-34(29)36(4,5)31(37)19-20-38(32,7)45/h11,14-15,17-18,21,31-32,44-45H,8-10,12-13,16,19-20,22-23H2,1-7H3,(H2,41,42,43)/b24-11+,25-14+,26-15+/t31-,32+,37-,38+/m0/s1. The summed E-state index contributed by atoms with van der Waals surface area (Å²) in [6.07, 6.45) is 14.4. The number of fused-ring (bicyclic) bond motifs is 2. The van der Waals surface area contributed by atoms with Crippen LogP contribution in [-0.2, 0) is 11.8 Å². The molecule has 1 heterocycles. The van der Waals surface area contributed by atoms with E-state index in [1.165, 1.54) is 17.2 Å². The van der Waals surface area contributed by atoms with E-state index >= 15 is 4.39 Å². The van der Waals surface area contributed by atoms with Crippen LogP contribution >= 0.6 is 0 Å². The zero-order chi connectivity index (χ0) is 33.2. The number of benzene rings is 1. The van der Waals surface area contributed by atoms with Crippen molar-refractivity contribution in [3.63, 3.8) is 0 Å². The number of nitrogens with zero attached hydrogens (tertiary/aromatic N) is 2. The van der Waals surface area contributed by atoms with Gasteiger partial charge in [-0.3, -0.25) is 0 Å². The van der Waals surface area contributed by atoms with Crippen LogP contribution in [0.1, 0.15) is 111 Å². The summed E-state index contributed by atoms with van der Waals surface area (Å²) in [5.41, 5.74) is 10.4. The topological polar surface area (TPSA) is 92.3 Å². The molecule has 1 fully saturated rings. The minimum atomic E-state index is -0.859. The maximum atomic E-state index is 15.1. The number of hydrogen-bond donors (Lipinski definition) is 3. The summed E-state index contributed by atoms with van der Waals surface area (Å²) in [7, 11) is 0. The Morgan fingerprint density at radius 2 is 1.58 bits per heavy atom. The fourth-order valence-corrected chi connectivity index (χ4v) is 8.47. The van der Waals surface area contributed by atoms with Crippen LogP contribution in [0.2, 0.25) is 0 Å². The average molecular weight is 622 g/mol. The normalized spacial score (nSPS) is 26.9. The second kappa shape index (κ2) is 13.8. The van der Waals surface area contributed by atoms with Crippen molar-refractivity contribution in [2.45, 2.75) is 117 Å². The van der Waals surface area contributed by atoms with Crippen molar-refractivity contribution in [1.29, 1.82) is 0 Å². The van der Waals surface area contributed by atoms with Gasteiger partial charge in [0.05, 0.1) is 23.6 Å². The van der Waals surface area contributed by atoms with Gasteiger partial charge in [-0.05, 0) is 121 Å².